The van der Waals surface area contributed by atoms with Gasteiger partial charge in [-0.05, 0) is 98.0 Å². The Bertz CT molecular complexity index is 3110. The summed E-state index contributed by atoms with van der Waals surface area (Å²) < 4.78 is 2.43. The maximum absolute atomic E-state index is 5.80. The van der Waals surface area contributed by atoms with Crippen LogP contribution in [0.25, 0.3) is 43.7 Å². The number of likely N-dealkylation sites (N-methyl/N-ethyl adjacent to an activating group) is 1. The van der Waals surface area contributed by atoms with Gasteiger partial charge in [0.25, 0.3) is 0 Å². The second-order valence-electron chi connectivity index (χ2n) is 17.0. The van der Waals surface area contributed by atoms with Crippen LogP contribution in [0.3, 0.4) is 0 Å². The van der Waals surface area contributed by atoms with E-state index in [0.29, 0.717) is 0 Å². The van der Waals surface area contributed by atoms with Gasteiger partial charge in [0.1, 0.15) is 0 Å². The second kappa shape index (κ2) is 12.1. The van der Waals surface area contributed by atoms with Crippen LogP contribution in [-0.4, -0.2) is 22.5 Å². The third kappa shape index (κ3) is 4.36. The third-order valence-electron chi connectivity index (χ3n) is 13.8. The first-order valence-corrected chi connectivity index (χ1v) is 20.7. The van der Waals surface area contributed by atoms with Crippen molar-refractivity contribution >= 4 is 49.7 Å². The van der Waals surface area contributed by atoms with Gasteiger partial charge in [0.15, 0.2) is 0 Å². The minimum atomic E-state index is -0.361. The Morgan fingerprint density at radius 2 is 1.28 bits per heavy atom. The molecule has 1 aromatic heterocycles. The lowest BCUT2D eigenvalue weighted by Crippen LogP contribution is -2.40. The molecule has 4 aliphatic rings. The standard InChI is InChI=1S/C55H43N3/c1-54(2)45-27-15-13-26-42(45)50-51(57(3)53(56-52(50)54)58-48-29-17-14-25-41(48)44-32-35-18-10-11-19-36(35)34-49(44)58)37-30-31-47-43(33-37)40-24-12-16-28-46(40)55(47,38-20-6-4-7-21-38)39-22-8-5-9-23-39/h4-15,17-27,29-34,51H,16,28H2,1-3H3. The van der Waals surface area contributed by atoms with E-state index in [1.54, 1.807) is 0 Å². The zero-order valence-corrected chi connectivity index (χ0v) is 33.1. The zero-order chi connectivity index (χ0) is 38.8. The SMILES string of the molecule is CN1C(n2c3ccccc3c3cc4ccccc4cc32)=NC2=C(c3ccccc3C2(C)C)C1c1ccc2c(c1)C1=C(CCC=C1)C2(c1ccccc1)c1ccccc1. The maximum Gasteiger partial charge on any atom is 0.211 e. The van der Waals surface area contributed by atoms with Crippen molar-refractivity contribution in [1.29, 1.82) is 0 Å². The molecule has 58 heavy (non-hydrogen) atoms. The highest BCUT2D eigenvalue weighted by molar-refractivity contribution is 6.17. The molecule has 0 N–H and O–H groups in total. The Kier molecular flexibility index (Phi) is 7.00. The van der Waals surface area contributed by atoms with Crippen LogP contribution in [0.15, 0.2) is 192 Å². The predicted octanol–water partition coefficient (Wildman–Crippen LogP) is 13.0. The topological polar surface area (TPSA) is 20.5 Å². The summed E-state index contributed by atoms with van der Waals surface area (Å²) in [6.45, 7) is 4.72. The Hall–Kier alpha value is -6.71. The molecule has 0 saturated carbocycles. The van der Waals surface area contributed by atoms with Crippen molar-refractivity contribution in [1.82, 2.24) is 9.47 Å². The van der Waals surface area contributed by atoms with Gasteiger partial charge >= 0.3 is 0 Å². The Balaban J connectivity index is 1.13. The first-order valence-electron chi connectivity index (χ1n) is 20.7. The fourth-order valence-corrected chi connectivity index (χ4v) is 11.2. The lowest BCUT2D eigenvalue weighted by molar-refractivity contribution is 0.425. The average molecular weight is 746 g/mol. The normalized spacial score (nSPS) is 18.8. The predicted molar refractivity (Wildman–Crippen MR) is 241 cm³/mol. The average Bonchev–Trinajstić information content (AvgIpc) is 3.83. The number of hydrogen-bond acceptors (Lipinski definition) is 2. The number of para-hydroxylation sites is 1. The van der Waals surface area contributed by atoms with E-state index < -0.39 is 0 Å². The molecular weight excluding hydrogens is 703 g/mol. The van der Waals surface area contributed by atoms with Gasteiger partial charge in [-0.15, -0.1) is 0 Å². The lowest BCUT2D eigenvalue weighted by atomic mass is 9.65. The summed E-state index contributed by atoms with van der Waals surface area (Å²) in [5.41, 5.74) is 16.3. The van der Waals surface area contributed by atoms with Crippen LogP contribution < -0.4 is 0 Å². The van der Waals surface area contributed by atoms with E-state index in [1.807, 2.05) is 0 Å². The molecule has 0 bridgehead atoms. The summed E-state index contributed by atoms with van der Waals surface area (Å²) in [7, 11) is 2.26. The van der Waals surface area contributed by atoms with Gasteiger partial charge in [-0.2, -0.15) is 0 Å². The van der Waals surface area contributed by atoms with E-state index in [2.05, 4.69) is 206 Å². The number of fused-ring (bicyclic) bond motifs is 8. The van der Waals surface area contributed by atoms with Crippen LogP contribution in [0, 0.1) is 0 Å². The molecule has 1 atom stereocenters. The largest absolute Gasteiger partial charge is 0.334 e. The van der Waals surface area contributed by atoms with Gasteiger partial charge in [0.2, 0.25) is 5.96 Å². The highest BCUT2D eigenvalue weighted by atomic mass is 15.3. The fraction of sp³-hybridized carbons (Fsp3) is 0.145. The summed E-state index contributed by atoms with van der Waals surface area (Å²) in [6.07, 6.45) is 6.86. The Morgan fingerprint density at radius 3 is 2.05 bits per heavy atom. The second-order valence-corrected chi connectivity index (χ2v) is 17.0. The van der Waals surface area contributed by atoms with Gasteiger partial charge in [0.05, 0.1) is 28.2 Å². The molecule has 278 valence electrons. The molecule has 3 heteroatoms. The Morgan fingerprint density at radius 1 is 0.603 bits per heavy atom. The zero-order valence-electron chi connectivity index (χ0n) is 33.1. The molecule has 0 fully saturated rings. The van der Waals surface area contributed by atoms with Crippen molar-refractivity contribution in [3.05, 3.63) is 226 Å². The van der Waals surface area contributed by atoms with E-state index >= 15 is 0 Å². The van der Waals surface area contributed by atoms with Gasteiger partial charge in [-0.1, -0.05) is 166 Å². The molecule has 3 aliphatic carbocycles. The third-order valence-corrected chi connectivity index (χ3v) is 13.8. The summed E-state index contributed by atoms with van der Waals surface area (Å²) in [5.74, 6) is 0.951. The van der Waals surface area contributed by atoms with E-state index in [0.717, 1.165) is 24.5 Å². The van der Waals surface area contributed by atoms with E-state index in [-0.39, 0.29) is 16.9 Å². The van der Waals surface area contributed by atoms with E-state index in [1.165, 1.54) is 88.2 Å². The minimum absolute atomic E-state index is 0.0764. The molecule has 1 unspecified atom stereocenters. The van der Waals surface area contributed by atoms with Gasteiger partial charge in [-0.3, -0.25) is 4.57 Å². The molecule has 7 aromatic carbocycles. The van der Waals surface area contributed by atoms with Gasteiger partial charge in [-0.25, -0.2) is 4.99 Å². The molecule has 8 aromatic rings. The first-order chi connectivity index (χ1) is 28.5. The molecule has 1 aliphatic heterocycles. The van der Waals surface area contributed by atoms with Crippen molar-refractivity contribution < 1.29 is 0 Å². The smallest absolute Gasteiger partial charge is 0.211 e. The Labute approximate surface area is 339 Å². The van der Waals surface area contributed by atoms with Gasteiger partial charge < -0.3 is 4.90 Å². The number of aliphatic imine (C=N–C) groups is 1. The fourth-order valence-electron chi connectivity index (χ4n) is 11.2. The van der Waals surface area contributed by atoms with Crippen LogP contribution >= 0.6 is 0 Å². The van der Waals surface area contributed by atoms with Crippen molar-refractivity contribution in [3.8, 4) is 0 Å². The number of allylic oxidation sites excluding steroid dienone is 5. The molecular formula is C55H43N3. The molecule has 3 nitrogen and oxygen atoms in total. The lowest BCUT2D eigenvalue weighted by Gasteiger charge is -2.39. The number of rotatable bonds is 3. The summed E-state index contributed by atoms with van der Waals surface area (Å²) >= 11 is 0. The van der Waals surface area contributed by atoms with Crippen LogP contribution in [0.5, 0.6) is 0 Å². The minimum Gasteiger partial charge on any atom is -0.334 e. The molecule has 2 heterocycles. The number of benzene rings is 7. The summed E-state index contributed by atoms with van der Waals surface area (Å²) in [5, 5.41) is 4.96. The van der Waals surface area contributed by atoms with Crippen LogP contribution in [0.4, 0.5) is 0 Å². The van der Waals surface area contributed by atoms with E-state index in [4.69, 9.17) is 4.99 Å². The summed E-state index contributed by atoms with van der Waals surface area (Å²) in [6, 6.07) is 61.1. The highest BCUT2D eigenvalue weighted by Crippen LogP contribution is 2.59. The van der Waals surface area contributed by atoms with Crippen LogP contribution in [-0.2, 0) is 10.8 Å². The molecule has 0 spiro atoms. The van der Waals surface area contributed by atoms with Crippen molar-refractivity contribution in [3.63, 3.8) is 0 Å². The number of aromatic nitrogens is 1. The molecule has 12 rings (SSSR count). The number of hydrogen-bond donors (Lipinski definition) is 0. The monoisotopic (exact) mass is 745 g/mol. The van der Waals surface area contributed by atoms with Crippen molar-refractivity contribution in [2.75, 3.05) is 7.05 Å². The first kappa shape index (κ1) is 33.4. The highest BCUT2D eigenvalue weighted by Gasteiger charge is 2.49. The van der Waals surface area contributed by atoms with Crippen LogP contribution in [0.1, 0.15) is 71.7 Å². The summed E-state index contributed by atoms with van der Waals surface area (Å²) in [4.78, 5) is 8.26. The van der Waals surface area contributed by atoms with E-state index in [9.17, 15) is 0 Å². The molecule has 0 amide bonds. The van der Waals surface area contributed by atoms with Gasteiger partial charge in [0, 0.05) is 28.8 Å². The quantitative estimate of drug-likeness (QED) is 0.176. The number of nitrogens with zero attached hydrogens (tertiary/aromatic N) is 3. The molecule has 0 radical (unpaired) electrons. The van der Waals surface area contributed by atoms with Crippen LogP contribution in [0.2, 0.25) is 0 Å². The van der Waals surface area contributed by atoms with Crippen molar-refractivity contribution in [2.24, 2.45) is 4.99 Å². The van der Waals surface area contributed by atoms with Crippen molar-refractivity contribution in [2.45, 2.75) is 43.6 Å². The molecule has 0 saturated heterocycles. The maximum atomic E-state index is 5.80.